The number of hydrogen-bond acceptors (Lipinski definition) is 5. The van der Waals surface area contributed by atoms with Gasteiger partial charge in [0.05, 0.1) is 23.1 Å². The summed E-state index contributed by atoms with van der Waals surface area (Å²) in [6.07, 6.45) is 3.68. The minimum atomic E-state index is 0.0673. The van der Waals surface area contributed by atoms with E-state index in [0.717, 1.165) is 36.4 Å². The molecule has 1 amide bonds. The lowest BCUT2D eigenvalue weighted by atomic mass is 9.87. The summed E-state index contributed by atoms with van der Waals surface area (Å²) in [6.45, 7) is 7.28. The number of carbonyl (C=O) groups excluding carboxylic acids is 1. The zero-order valence-electron chi connectivity index (χ0n) is 17.4. The standard InChI is InChI=1S/C23H27N5O2/c1-3-30-14-21(29)28-12-16-11-27(23-18-10-25-26-20(18)8-9-24-23)13-19(16)22(28)17-7-5-4-6-15(17)2/h4-10,16,19,22H,3,11-14H2,1-2H3,(H,25,26)/t16-,19-,22+/m0/s1. The van der Waals surface area contributed by atoms with Gasteiger partial charge in [-0.25, -0.2) is 4.98 Å². The van der Waals surface area contributed by atoms with Gasteiger partial charge in [-0.3, -0.25) is 9.89 Å². The summed E-state index contributed by atoms with van der Waals surface area (Å²) in [5.41, 5.74) is 3.47. The summed E-state index contributed by atoms with van der Waals surface area (Å²) >= 11 is 0. The lowest BCUT2D eigenvalue weighted by Crippen LogP contribution is -2.38. The third-order valence-corrected chi connectivity index (χ3v) is 6.57. The number of nitrogens with one attached hydrogen (secondary N) is 1. The van der Waals surface area contributed by atoms with E-state index in [4.69, 9.17) is 4.74 Å². The van der Waals surface area contributed by atoms with Crippen molar-refractivity contribution in [3.63, 3.8) is 0 Å². The van der Waals surface area contributed by atoms with Crippen molar-refractivity contribution in [1.82, 2.24) is 20.1 Å². The first-order valence-electron chi connectivity index (χ1n) is 10.6. The molecule has 3 atom stereocenters. The number of likely N-dealkylation sites (tertiary alicyclic amines) is 1. The molecule has 3 aromatic rings. The maximum atomic E-state index is 13.0. The van der Waals surface area contributed by atoms with Crippen LogP contribution in [0.1, 0.15) is 24.1 Å². The molecule has 2 aliphatic heterocycles. The normalized spacial score (nSPS) is 23.3. The first-order valence-corrected chi connectivity index (χ1v) is 10.6. The number of rotatable bonds is 5. The highest BCUT2D eigenvalue weighted by atomic mass is 16.5. The van der Waals surface area contributed by atoms with E-state index in [0.29, 0.717) is 18.4 Å². The highest BCUT2D eigenvalue weighted by Crippen LogP contribution is 2.47. The van der Waals surface area contributed by atoms with Crippen molar-refractivity contribution in [3.8, 4) is 0 Å². The van der Waals surface area contributed by atoms with Crippen LogP contribution in [0.5, 0.6) is 0 Å². The second kappa shape index (κ2) is 7.72. The summed E-state index contributed by atoms with van der Waals surface area (Å²) in [4.78, 5) is 22.1. The smallest absolute Gasteiger partial charge is 0.249 e. The number of aryl methyl sites for hydroxylation is 1. The number of benzene rings is 1. The van der Waals surface area contributed by atoms with E-state index in [9.17, 15) is 4.79 Å². The molecule has 7 heteroatoms. The monoisotopic (exact) mass is 405 g/mol. The number of aromatic amines is 1. The third kappa shape index (κ3) is 3.13. The van der Waals surface area contributed by atoms with E-state index in [1.165, 1.54) is 11.1 Å². The highest BCUT2D eigenvalue weighted by Gasteiger charge is 2.49. The first-order chi connectivity index (χ1) is 14.7. The van der Waals surface area contributed by atoms with Crippen molar-refractivity contribution in [2.75, 3.05) is 37.7 Å². The van der Waals surface area contributed by atoms with E-state index in [1.54, 1.807) is 0 Å². The summed E-state index contributed by atoms with van der Waals surface area (Å²) in [5, 5.41) is 8.27. The van der Waals surface area contributed by atoms with Crippen LogP contribution in [0.2, 0.25) is 0 Å². The molecule has 2 aliphatic rings. The predicted molar refractivity (Wildman–Crippen MR) is 115 cm³/mol. The molecule has 1 N–H and O–H groups in total. The van der Waals surface area contributed by atoms with E-state index in [1.807, 2.05) is 25.4 Å². The maximum absolute atomic E-state index is 13.0. The Labute approximate surface area is 176 Å². The lowest BCUT2D eigenvalue weighted by molar-refractivity contribution is -0.137. The molecule has 2 saturated heterocycles. The van der Waals surface area contributed by atoms with Crippen LogP contribution in [0.4, 0.5) is 5.82 Å². The molecule has 7 nitrogen and oxygen atoms in total. The summed E-state index contributed by atoms with van der Waals surface area (Å²) in [7, 11) is 0. The first kappa shape index (κ1) is 19.1. The molecule has 5 rings (SSSR count). The fourth-order valence-electron chi connectivity index (χ4n) is 5.17. The molecule has 0 saturated carbocycles. The topological polar surface area (TPSA) is 74.3 Å². The van der Waals surface area contributed by atoms with Crippen LogP contribution in [0.25, 0.3) is 10.9 Å². The van der Waals surface area contributed by atoms with Crippen LogP contribution in [0.15, 0.2) is 42.7 Å². The summed E-state index contributed by atoms with van der Waals surface area (Å²) in [6, 6.07) is 10.4. The Morgan fingerprint density at radius 2 is 2.10 bits per heavy atom. The number of pyridine rings is 1. The van der Waals surface area contributed by atoms with E-state index < -0.39 is 0 Å². The molecule has 0 spiro atoms. The second-order valence-corrected chi connectivity index (χ2v) is 8.28. The van der Waals surface area contributed by atoms with Gasteiger partial charge in [0.2, 0.25) is 5.91 Å². The van der Waals surface area contributed by atoms with Gasteiger partial charge in [-0.15, -0.1) is 0 Å². The van der Waals surface area contributed by atoms with Gasteiger partial charge >= 0.3 is 0 Å². The Balaban J connectivity index is 1.47. The second-order valence-electron chi connectivity index (χ2n) is 8.28. The number of H-pyrrole nitrogens is 1. The van der Waals surface area contributed by atoms with Gasteiger partial charge in [-0.1, -0.05) is 24.3 Å². The highest BCUT2D eigenvalue weighted by molar-refractivity contribution is 5.89. The van der Waals surface area contributed by atoms with Crippen LogP contribution in [0.3, 0.4) is 0 Å². The van der Waals surface area contributed by atoms with Gasteiger partial charge in [0, 0.05) is 44.3 Å². The molecule has 0 radical (unpaired) electrons. The molecule has 30 heavy (non-hydrogen) atoms. The van der Waals surface area contributed by atoms with Crippen LogP contribution in [0, 0.1) is 18.8 Å². The predicted octanol–water partition coefficient (Wildman–Crippen LogP) is 2.94. The van der Waals surface area contributed by atoms with Crippen LogP contribution in [-0.4, -0.2) is 58.8 Å². The zero-order chi connectivity index (χ0) is 20.7. The van der Waals surface area contributed by atoms with Crippen LogP contribution >= 0.6 is 0 Å². The third-order valence-electron chi connectivity index (χ3n) is 6.57. The molecule has 0 aliphatic carbocycles. The van der Waals surface area contributed by atoms with E-state index >= 15 is 0 Å². The number of hydrogen-bond donors (Lipinski definition) is 1. The largest absolute Gasteiger partial charge is 0.372 e. The average molecular weight is 406 g/mol. The van der Waals surface area contributed by atoms with Gasteiger partial charge in [-0.05, 0) is 31.0 Å². The molecule has 156 valence electrons. The van der Waals surface area contributed by atoms with E-state index in [-0.39, 0.29) is 18.6 Å². The molecule has 1 aromatic carbocycles. The lowest BCUT2D eigenvalue weighted by Gasteiger charge is -2.31. The van der Waals surface area contributed by atoms with Crippen molar-refractivity contribution >= 4 is 22.6 Å². The minimum absolute atomic E-state index is 0.0673. The van der Waals surface area contributed by atoms with Crippen LogP contribution < -0.4 is 4.90 Å². The maximum Gasteiger partial charge on any atom is 0.249 e. The quantitative estimate of drug-likeness (QED) is 0.706. The minimum Gasteiger partial charge on any atom is -0.372 e. The van der Waals surface area contributed by atoms with Gasteiger partial charge in [0.15, 0.2) is 0 Å². The molecule has 2 aromatic heterocycles. The Morgan fingerprint density at radius 1 is 1.23 bits per heavy atom. The average Bonchev–Trinajstić information content (AvgIpc) is 3.46. The molecule has 0 bridgehead atoms. The summed E-state index contributed by atoms with van der Waals surface area (Å²) in [5.74, 6) is 1.83. The number of carbonyl (C=O) groups is 1. The van der Waals surface area contributed by atoms with Crippen molar-refractivity contribution in [1.29, 1.82) is 0 Å². The van der Waals surface area contributed by atoms with Gasteiger partial charge in [0.1, 0.15) is 12.4 Å². The number of anilines is 1. The van der Waals surface area contributed by atoms with Crippen molar-refractivity contribution in [3.05, 3.63) is 53.9 Å². The van der Waals surface area contributed by atoms with Crippen molar-refractivity contribution in [2.24, 2.45) is 11.8 Å². The van der Waals surface area contributed by atoms with Gasteiger partial charge in [-0.2, -0.15) is 5.10 Å². The number of aromatic nitrogens is 3. The SMILES string of the molecule is CCOCC(=O)N1C[C@@H]2CN(c3nccc4[nH]ncc34)C[C@@H]2[C@H]1c1ccccc1C. The number of nitrogens with zero attached hydrogens (tertiary/aromatic N) is 4. The fourth-order valence-corrected chi connectivity index (χ4v) is 5.17. The molecular formula is C23H27N5O2. The fraction of sp³-hybridized carbons (Fsp3) is 0.435. The number of amides is 1. The van der Waals surface area contributed by atoms with Crippen LogP contribution in [-0.2, 0) is 9.53 Å². The molecule has 0 unspecified atom stereocenters. The Kier molecular flexibility index (Phi) is 4.90. The zero-order valence-corrected chi connectivity index (χ0v) is 17.4. The summed E-state index contributed by atoms with van der Waals surface area (Å²) < 4.78 is 5.45. The molecule has 4 heterocycles. The van der Waals surface area contributed by atoms with Gasteiger partial charge in [0.25, 0.3) is 0 Å². The van der Waals surface area contributed by atoms with Gasteiger partial charge < -0.3 is 14.5 Å². The molecular weight excluding hydrogens is 378 g/mol. The Morgan fingerprint density at radius 3 is 2.93 bits per heavy atom. The number of fused-ring (bicyclic) bond motifs is 2. The number of ether oxygens (including phenoxy) is 1. The Hall–Kier alpha value is -2.93. The van der Waals surface area contributed by atoms with E-state index in [2.05, 4.69) is 56.2 Å². The van der Waals surface area contributed by atoms with Crippen molar-refractivity contribution < 1.29 is 9.53 Å². The van der Waals surface area contributed by atoms with Crippen molar-refractivity contribution in [2.45, 2.75) is 19.9 Å². The Bertz CT molecular complexity index is 1060. The molecule has 2 fully saturated rings.